The lowest BCUT2D eigenvalue weighted by molar-refractivity contribution is -0.120. The van der Waals surface area contributed by atoms with Gasteiger partial charge in [-0.3, -0.25) is 4.79 Å². The largest absolute Gasteiger partial charge is 0.496 e. The topological polar surface area (TPSA) is 56.8 Å². The van der Waals surface area contributed by atoms with Gasteiger partial charge in [-0.05, 0) is 35.2 Å². The number of hydrogen-bond donors (Lipinski definition) is 1. The Kier molecular flexibility index (Phi) is 5.12. The molecular formula is C20H23NO4. The summed E-state index contributed by atoms with van der Waals surface area (Å²) in [6, 6.07) is 11.7. The van der Waals surface area contributed by atoms with Crippen molar-refractivity contribution in [3.05, 3.63) is 53.1 Å². The van der Waals surface area contributed by atoms with Crippen LogP contribution in [0, 0.1) is 0 Å². The van der Waals surface area contributed by atoms with Crippen LogP contribution in [0.3, 0.4) is 0 Å². The quantitative estimate of drug-likeness (QED) is 0.875. The number of methoxy groups -OCH3 is 1. The second-order valence-corrected chi connectivity index (χ2v) is 6.37. The summed E-state index contributed by atoms with van der Waals surface area (Å²) in [5.74, 6) is 2.56. The van der Waals surface area contributed by atoms with E-state index in [-0.39, 0.29) is 19.1 Å². The van der Waals surface area contributed by atoms with Crippen LogP contribution in [-0.2, 0) is 17.8 Å². The number of rotatable bonds is 6. The van der Waals surface area contributed by atoms with Gasteiger partial charge in [0.05, 0.1) is 13.5 Å². The molecule has 2 aromatic rings. The van der Waals surface area contributed by atoms with Gasteiger partial charge in [0.2, 0.25) is 12.7 Å². The maximum atomic E-state index is 12.3. The molecule has 0 atom stereocenters. The summed E-state index contributed by atoms with van der Waals surface area (Å²) in [4.78, 5) is 12.3. The van der Waals surface area contributed by atoms with E-state index in [1.165, 1.54) is 5.56 Å². The maximum absolute atomic E-state index is 12.3. The molecule has 0 aliphatic carbocycles. The van der Waals surface area contributed by atoms with Gasteiger partial charge in [0, 0.05) is 12.1 Å². The van der Waals surface area contributed by atoms with E-state index in [4.69, 9.17) is 14.2 Å². The first-order chi connectivity index (χ1) is 12.1. The van der Waals surface area contributed by atoms with E-state index >= 15 is 0 Å². The Hall–Kier alpha value is -2.69. The average Bonchev–Trinajstić information content (AvgIpc) is 3.07. The molecule has 0 unspecified atom stereocenters. The third kappa shape index (κ3) is 4.05. The third-order valence-corrected chi connectivity index (χ3v) is 4.25. The molecule has 0 bridgehead atoms. The van der Waals surface area contributed by atoms with E-state index in [0.29, 0.717) is 12.5 Å². The minimum Gasteiger partial charge on any atom is -0.496 e. The Labute approximate surface area is 147 Å². The summed E-state index contributed by atoms with van der Waals surface area (Å²) in [6.45, 7) is 4.95. The zero-order valence-electron chi connectivity index (χ0n) is 14.8. The second-order valence-electron chi connectivity index (χ2n) is 6.37. The van der Waals surface area contributed by atoms with Gasteiger partial charge in [-0.25, -0.2) is 0 Å². The number of fused-ring (bicyclic) bond motifs is 1. The fraction of sp³-hybridized carbons (Fsp3) is 0.350. The average molecular weight is 341 g/mol. The van der Waals surface area contributed by atoms with Gasteiger partial charge in [0.15, 0.2) is 11.5 Å². The van der Waals surface area contributed by atoms with Crippen LogP contribution in [0.1, 0.15) is 36.5 Å². The Morgan fingerprint density at radius 3 is 2.72 bits per heavy atom. The highest BCUT2D eigenvalue weighted by atomic mass is 16.7. The molecule has 0 fully saturated rings. The number of nitrogens with one attached hydrogen (secondary N) is 1. The molecule has 0 saturated heterocycles. The summed E-state index contributed by atoms with van der Waals surface area (Å²) < 4.78 is 16.0. The van der Waals surface area contributed by atoms with Gasteiger partial charge in [-0.2, -0.15) is 0 Å². The molecule has 3 rings (SSSR count). The fourth-order valence-electron chi connectivity index (χ4n) is 2.78. The van der Waals surface area contributed by atoms with Gasteiger partial charge < -0.3 is 19.5 Å². The highest BCUT2D eigenvalue weighted by molar-refractivity contribution is 5.79. The van der Waals surface area contributed by atoms with E-state index < -0.39 is 0 Å². The van der Waals surface area contributed by atoms with Crippen molar-refractivity contribution in [2.75, 3.05) is 13.9 Å². The number of carbonyl (C=O) groups is 1. The summed E-state index contributed by atoms with van der Waals surface area (Å²) in [7, 11) is 1.62. The standard InChI is InChI=1S/C20H23NO4/c1-13(2)15-5-7-17(23-3)16(9-15)10-20(22)21-11-14-4-6-18-19(8-14)25-12-24-18/h4-9,13H,10-12H2,1-3H3,(H,21,22). The maximum Gasteiger partial charge on any atom is 0.231 e. The molecule has 5 nitrogen and oxygen atoms in total. The molecule has 1 aliphatic rings. The highest BCUT2D eigenvalue weighted by Crippen LogP contribution is 2.32. The van der Waals surface area contributed by atoms with Gasteiger partial charge >= 0.3 is 0 Å². The first-order valence-electron chi connectivity index (χ1n) is 8.39. The number of ether oxygens (including phenoxy) is 3. The van der Waals surface area contributed by atoms with Gasteiger partial charge in [-0.15, -0.1) is 0 Å². The Bertz CT molecular complexity index is 770. The number of benzene rings is 2. The van der Waals surface area contributed by atoms with E-state index in [9.17, 15) is 4.79 Å². The SMILES string of the molecule is COc1ccc(C(C)C)cc1CC(=O)NCc1ccc2c(c1)OCO2. The Morgan fingerprint density at radius 1 is 1.16 bits per heavy atom. The molecule has 2 aromatic carbocycles. The minimum absolute atomic E-state index is 0.0446. The van der Waals surface area contributed by atoms with Crippen LogP contribution in [0.15, 0.2) is 36.4 Å². The van der Waals surface area contributed by atoms with E-state index in [1.54, 1.807) is 7.11 Å². The molecule has 1 aliphatic heterocycles. The van der Waals surface area contributed by atoms with Crippen molar-refractivity contribution in [2.45, 2.75) is 32.7 Å². The summed E-state index contributed by atoms with van der Waals surface area (Å²) in [6.07, 6.45) is 0.286. The van der Waals surface area contributed by atoms with Crippen molar-refractivity contribution >= 4 is 5.91 Å². The van der Waals surface area contributed by atoms with Crippen molar-refractivity contribution in [3.8, 4) is 17.2 Å². The van der Waals surface area contributed by atoms with Crippen molar-refractivity contribution in [1.29, 1.82) is 0 Å². The predicted octanol–water partition coefficient (Wildman–Crippen LogP) is 3.41. The second kappa shape index (κ2) is 7.47. The van der Waals surface area contributed by atoms with E-state index in [1.807, 2.05) is 36.4 Å². The van der Waals surface area contributed by atoms with Crippen LogP contribution in [0.5, 0.6) is 17.2 Å². The van der Waals surface area contributed by atoms with Crippen LogP contribution >= 0.6 is 0 Å². The molecule has 132 valence electrons. The predicted molar refractivity (Wildman–Crippen MR) is 95.2 cm³/mol. The van der Waals surface area contributed by atoms with Gasteiger partial charge in [0.25, 0.3) is 0 Å². The molecule has 25 heavy (non-hydrogen) atoms. The van der Waals surface area contributed by atoms with Crippen LogP contribution in [-0.4, -0.2) is 19.8 Å². The molecule has 1 heterocycles. The van der Waals surface area contributed by atoms with E-state index in [0.717, 1.165) is 28.4 Å². The van der Waals surface area contributed by atoms with E-state index in [2.05, 4.69) is 19.2 Å². The third-order valence-electron chi connectivity index (χ3n) is 4.25. The fourth-order valence-corrected chi connectivity index (χ4v) is 2.78. The molecule has 1 amide bonds. The molecule has 5 heteroatoms. The highest BCUT2D eigenvalue weighted by Gasteiger charge is 2.14. The zero-order chi connectivity index (χ0) is 17.8. The summed E-state index contributed by atoms with van der Waals surface area (Å²) >= 11 is 0. The van der Waals surface area contributed by atoms with Gasteiger partial charge in [-0.1, -0.05) is 32.0 Å². The van der Waals surface area contributed by atoms with Gasteiger partial charge in [0.1, 0.15) is 5.75 Å². The number of amides is 1. The van der Waals surface area contributed by atoms with Crippen LogP contribution in [0.25, 0.3) is 0 Å². The lowest BCUT2D eigenvalue weighted by Gasteiger charge is -2.13. The zero-order valence-corrected chi connectivity index (χ0v) is 14.8. The van der Waals surface area contributed by atoms with Crippen molar-refractivity contribution in [1.82, 2.24) is 5.32 Å². The smallest absolute Gasteiger partial charge is 0.231 e. The first-order valence-corrected chi connectivity index (χ1v) is 8.39. The van der Waals surface area contributed by atoms with Crippen LogP contribution < -0.4 is 19.5 Å². The van der Waals surface area contributed by atoms with Crippen LogP contribution in [0.2, 0.25) is 0 Å². The number of carbonyl (C=O) groups excluding carboxylic acids is 1. The van der Waals surface area contributed by atoms with Crippen molar-refractivity contribution in [3.63, 3.8) is 0 Å². The molecular weight excluding hydrogens is 318 g/mol. The molecule has 1 N–H and O–H groups in total. The lowest BCUT2D eigenvalue weighted by atomic mass is 9.98. The number of hydrogen-bond acceptors (Lipinski definition) is 4. The lowest BCUT2D eigenvalue weighted by Crippen LogP contribution is -2.24. The first kappa shape index (κ1) is 17.1. The van der Waals surface area contributed by atoms with Crippen molar-refractivity contribution < 1.29 is 19.0 Å². The monoisotopic (exact) mass is 341 g/mol. The summed E-state index contributed by atoms with van der Waals surface area (Å²) in [5.41, 5.74) is 3.07. The minimum atomic E-state index is -0.0446. The molecule has 0 saturated carbocycles. The summed E-state index contributed by atoms with van der Waals surface area (Å²) in [5, 5.41) is 2.95. The Balaban J connectivity index is 1.63. The molecule has 0 aromatic heterocycles. The molecule has 0 spiro atoms. The Morgan fingerprint density at radius 2 is 1.96 bits per heavy atom. The molecule has 0 radical (unpaired) electrons. The van der Waals surface area contributed by atoms with Crippen molar-refractivity contribution in [2.24, 2.45) is 0 Å². The van der Waals surface area contributed by atoms with Crippen LogP contribution in [0.4, 0.5) is 0 Å². The normalized spacial score (nSPS) is 12.3.